The third-order valence-electron chi connectivity index (χ3n) is 22.9. The molecule has 4 saturated carbocycles. The van der Waals surface area contributed by atoms with Gasteiger partial charge in [-0.2, -0.15) is 0 Å². The number of hydrogen-bond acceptors (Lipinski definition) is 14. The normalized spacial score (nSPS) is 29.4. The Kier molecular flexibility index (Phi) is 22.8. The molecule has 0 spiro atoms. The molecule has 2 aromatic carbocycles. The van der Waals surface area contributed by atoms with E-state index in [4.69, 9.17) is 9.47 Å². The molecule has 18 heteroatoms. The van der Waals surface area contributed by atoms with Crippen molar-refractivity contribution < 1.29 is 48.5 Å². The molecule has 12 atom stereocenters. The van der Waals surface area contributed by atoms with Gasteiger partial charge in [0.05, 0.1) is 12.2 Å². The van der Waals surface area contributed by atoms with Gasteiger partial charge < -0.3 is 29.5 Å². The highest BCUT2D eigenvalue weighted by atomic mass is 33.1. The largest absolute Gasteiger partial charge is 0.480 e. The second kappa shape index (κ2) is 31.0. The summed E-state index contributed by atoms with van der Waals surface area (Å²) in [4.78, 5) is 85.3. The third kappa shape index (κ3) is 15.8. The number of carboxylic acids is 2. The van der Waals surface area contributed by atoms with Gasteiger partial charge >= 0.3 is 23.9 Å². The maximum absolute atomic E-state index is 12.8. The number of aromatic nitrogens is 2. The molecule has 2 heterocycles. The van der Waals surface area contributed by atoms with Crippen molar-refractivity contribution in [2.45, 2.75) is 156 Å². The highest BCUT2D eigenvalue weighted by Gasteiger charge is 2.59. The van der Waals surface area contributed by atoms with E-state index in [2.05, 4.69) is 80.2 Å². The van der Waals surface area contributed by atoms with Crippen LogP contribution in [-0.4, -0.2) is 114 Å². The van der Waals surface area contributed by atoms with E-state index in [9.17, 15) is 39.0 Å². The summed E-state index contributed by atoms with van der Waals surface area (Å²) in [7, 11) is 5.66. The van der Waals surface area contributed by atoms with Crippen molar-refractivity contribution in [2.24, 2.45) is 57.2 Å². The zero-order chi connectivity index (χ0) is 66.0. The summed E-state index contributed by atoms with van der Waals surface area (Å²) >= 11 is 0. The van der Waals surface area contributed by atoms with Gasteiger partial charge in [0.15, 0.2) is 0 Å². The lowest BCUT2D eigenvalue weighted by Gasteiger charge is -2.57. The Balaban J connectivity index is 0.000000192. The van der Waals surface area contributed by atoms with Gasteiger partial charge in [-0.05, 0) is 180 Å². The first-order chi connectivity index (χ1) is 45.3. The number of rotatable bonds is 24. The Hall–Kier alpha value is -6.08. The Morgan fingerprint density at radius 1 is 0.489 bits per heavy atom. The van der Waals surface area contributed by atoms with Crippen LogP contribution in [0.1, 0.15) is 153 Å². The van der Waals surface area contributed by atoms with Gasteiger partial charge in [-0.25, -0.2) is 0 Å². The molecule has 2 aromatic heterocycles. The van der Waals surface area contributed by atoms with Crippen LogP contribution >= 0.6 is 43.2 Å². The number of esters is 2. The standard InChI is InChI=1S/2C38H46N2O5S2/c1-37-17-14-29(45-36(44)16-20-46-47-25-34(41)40(24-35(42)43)23-26-7-4-3-5-8-26)21-28(37)10-11-30-32-13-12-31(27-9-6-19-39-22-27)38(32,2)18-15-33(30)37;1-37-17-14-29(45-36(44)25-47-46-20-16-34(41)40(24-35(42)43)23-26-7-4-3-5-8-26)21-28(37)10-11-30-32-13-12-31(27-9-6-19-39-22-27)38(32,2)18-15-33(30)37/h2*3-10,12,19,22,29-30,32-33H,11,13-18,20-21,23-25H2,1-2H3,(H,42,43)/t2*29-,30-,32-,33-,37-,38+/m00/s1. The molecular weight excluding hydrogens is 1260 g/mol. The number of hydrogen-bond donors (Lipinski definition) is 2. The molecule has 12 rings (SSSR count). The van der Waals surface area contributed by atoms with Crippen molar-refractivity contribution in [3.63, 3.8) is 0 Å². The molecule has 0 unspecified atom stereocenters. The van der Waals surface area contributed by atoms with Crippen molar-refractivity contribution >= 4 is 90.0 Å². The van der Waals surface area contributed by atoms with Crippen molar-refractivity contribution in [3.05, 3.63) is 167 Å². The molecule has 0 radical (unpaired) electrons. The fourth-order valence-electron chi connectivity index (χ4n) is 18.2. The maximum Gasteiger partial charge on any atom is 0.323 e. The van der Waals surface area contributed by atoms with Gasteiger partial charge in [-0.1, -0.05) is 179 Å². The molecule has 8 aliphatic rings. The molecule has 2 N–H and O–H groups in total. The Labute approximate surface area is 571 Å². The van der Waals surface area contributed by atoms with Crippen LogP contribution in [-0.2, 0) is 51.3 Å². The molecule has 4 fully saturated rings. The number of pyridine rings is 2. The first kappa shape index (κ1) is 69.3. The van der Waals surface area contributed by atoms with Crippen LogP contribution in [0.5, 0.6) is 0 Å². The molecule has 0 aliphatic heterocycles. The molecule has 0 bridgehead atoms. The maximum atomic E-state index is 12.8. The Bertz CT molecular complexity index is 3260. The van der Waals surface area contributed by atoms with E-state index in [0.717, 1.165) is 75.3 Å². The van der Waals surface area contributed by atoms with Gasteiger partial charge in [0.1, 0.15) is 31.1 Å². The number of nitrogens with zero attached hydrogens (tertiary/aromatic N) is 4. The van der Waals surface area contributed by atoms with E-state index in [1.54, 1.807) is 0 Å². The van der Waals surface area contributed by atoms with Crippen LogP contribution in [0.2, 0.25) is 0 Å². The lowest BCUT2D eigenvalue weighted by molar-refractivity contribution is -0.151. The SMILES string of the molecule is C[C@]12CC[C@H](OC(=O)CCSSCC(=O)N(CC(=O)O)Cc3ccccc3)CC1=CC[C@@H]1[C@@H]2CC[C@]2(C)C(c3cccnc3)=CC[C@@H]12.C[C@]12CC[C@H](OC(=O)CSSCCC(=O)N(CC(=O)O)Cc3ccccc3)CC1=CC[C@@H]1[C@@H]2CC[C@]2(C)C(c3cccnc3)=CC[C@@H]12. The minimum atomic E-state index is -1.04. The highest BCUT2D eigenvalue weighted by Crippen LogP contribution is 2.68. The van der Waals surface area contributed by atoms with Crippen LogP contribution in [0, 0.1) is 57.2 Å². The second-order valence-electron chi connectivity index (χ2n) is 28.3. The average molecular weight is 1350 g/mol. The number of carbonyl (C=O) groups is 6. The van der Waals surface area contributed by atoms with E-state index in [1.807, 2.05) is 91.5 Å². The Morgan fingerprint density at radius 3 is 1.40 bits per heavy atom. The number of ether oxygens (including phenoxy) is 2. The van der Waals surface area contributed by atoms with Gasteiger partial charge in [0.25, 0.3) is 0 Å². The highest BCUT2D eigenvalue weighted by molar-refractivity contribution is 8.77. The molecule has 2 amide bonds. The number of amides is 2. The van der Waals surface area contributed by atoms with Gasteiger partial charge in [-0.15, -0.1) is 0 Å². The summed E-state index contributed by atoms with van der Waals surface area (Å²) in [6, 6.07) is 27.3. The number of carbonyl (C=O) groups excluding carboxylic acids is 4. The molecule has 14 nitrogen and oxygen atoms in total. The number of benzene rings is 2. The molecule has 0 saturated heterocycles. The fourth-order valence-corrected chi connectivity index (χ4v) is 21.9. The molecule has 500 valence electrons. The van der Waals surface area contributed by atoms with Gasteiger partial charge in [0, 0.05) is 68.6 Å². The molecule has 4 aromatic rings. The van der Waals surface area contributed by atoms with Crippen LogP contribution in [0.4, 0.5) is 0 Å². The zero-order valence-corrected chi connectivity index (χ0v) is 58.1. The third-order valence-corrected chi connectivity index (χ3v) is 27.4. The van der Waals surface area contributed by atoms with E-state index in [0.29, 0.717) is 53.4 Å². The lowest BCUT2D eigenvalue weighted by atomic mass is 9.47. The first-order valence-corrected chi connectivity index (χ1v) is 38.9. The summed E-state index contributed by atoms with van der Waals surface area (Å²) in [5.74, 6) is 2.56. The summed E-state index contributed by atoms with van der Waals surface area (Å²) < 4.78 is 12.0. The zero-order valence-electron chi connectivity index (χ0n) is 54.9. The summed E-state index contributed by atoms with van der Waals surface area (Å²) in [5.41, 5.74) is 11.1. The summed E-state index contributed by atoms with van der Waals surface area (Å²) in [6.07, 6.45) is 33.2. The monoisotopic (exact) mass is 1350 g/mol. The summed E-state index contributed by atoms with van der Waals surface area (Å²) in [5, 5.41) is 18.5. The average Bonchev–Trinajstić information content (AvgIpc) is 1.40. The number of allylic oxidation sites excluding steroid dienone is 6. The molecular formula is C76H92N4O10S4. The van der Waals surface area contributed by atoms with E-state index in [-0.39, 0.29) is 102 Å². The second-order valence-corrected chi connectivity index (χ2v) is 33.4. The van der Waals surface area contributed by atoms with E-state index in [1.165, 1.54) is 112 Å². The van der Waals surface area contributed by atoms with Crippen LogP contribution in [0.25, 0.3) is 11.1 Å². The minimum absolute atomic E-state index is 0.0700. The van der Waals surface area contributed by atoms with Crippen LogP contribution in [0.15, 0.2) is 145 Å². The first-order valence-electron chi connectivity index (χ1n) is 33.9. The number of aliphatic carboxylic acids is 2. The van der Waals surface area contributed by atoms with Crippen molar-refractivity contribution in [1.29, 1.82) is 0 Å². The predicted octanol–water partition coefficient (Wildman–Crippen LogP) is 15.7. The van der Waals surface area contributed by atoms with E-state index < -0.39 is 11.9 Å². The van der Waals surface area contributed by atoms with Crippen molar-refractivity contribution in [2.75, 3.05) is 36.1 Å². The fraction of sp³-hybridized carbons (Fsp3) is 0.526. The lowest BCUT2D eigenvalue weighted by Crippen LogP contribution is -2.50. The predicted molar refractivity (Wildman–Crippen MR) is 376 cm³/mol. The van der Waals surface area contributed by atoms with E-state index >= 15 is 0 Å². The van der Waals surface area contributed by atoms with Crippen LogP contribution < -0.4 is 0 Å². The topological polar surface area (TPSA) is 194 Å². The van der Waals surface area contributed by atoms with Gasteiger partial charge in [-0.3, -0.25) is 38.7 Å². The smallest absolute Gasteiger partial charge is 0.323 e. The summed E-state index contributed by atoms with van der Waals surface area (Å²) in [6.45, 7) is 9.79. The number of fused-ring (bicyclic) bond motifs is 10. The molecule has 94 heavy (non-hydrogen) atoms. The number of carboxylic acid groups (broad SMARTS) is 2. The van der Waals surface area contributed by atoms with Crippen LogP contribution in [0.3, 0.4) is 0 Å². The minimum Gasteiger partial charge on any atom is -0.480 e. The quantitative estimate of drug-likeness (QED) is 0.0291. The van der Waals surface area contributed by atoms with Crippen molar-refractivity contribution in [1.82, 2.24) is 19.8 Å². The van der Waals surface area contributed by atoms with Crippen molar-refractivity contribution in [3.8, 4) is 0 Å². The Morgan fingerprint density at radius 2 is 0.936 bits per heavy atom. The van der Waals surface area contributed by atoms with Gasteiger partial charge in [0.2, 0.25) is 11.8 Å². The molecule has 8 aliphatic carbocycles.